The molecule has 16 heavy (non-hydrogen) atoms. The lowest BCUT2D eigenvalue weighted by atomic mass is 10.1. The van der Waals surface area contributed by atoms with Gasteiger partial charge in [0.15, 0.2) is 0 Å². The first-order valence-electron chi connectivity index (χ1n) is 4.94. The lowest BCUT2D eigenvalue weighted by Crippen LogP contribution is -2.08. The number of rotatable bonds is 4. The Labute approximate surface area is 94.4 Å². The number of carbonyl (C=O) groups is 1. The van der Waals surface area contributed by atoms with Gasteiger partial charge in [0, 0.05) is 5.56 Å². The van der Waals surface area contributed by atoms with Gasteiger partial charge in [-0.25, -0.2) is 0 Å². The zero-order chi connectivity index (χ0) is 12.0. The summed E-state index contributed by atoms with van der Waals surface area (Å²) in [4.78, 5) is 11.3. The highest BCUT2D eigenvalue weighted by Gasteiger charge is 2.10. The molecule has 0 heterocycles. The molecule has 4 heteroatoms. The van der Waals surface area contributed by atoms with Crippen molar-refractivity contribution < 1.29 is 14.3 Å². The van der Waals surface area contributed by atoms with Crippen LogP contribution in [0.4, 0.5) is 0 Å². The van der Waals surface area contributed by atoms with Crippen LogP contribution in [0.3, 0.4) is 0 Å². The van der Waals surface area contributed by atoms with Gasteiger partial charge in [-0.15, -0.1) is 0 Å². The van der Waals surface area contributed by atoms with Crippen molar-refractivity contribution in [1.29, 1.82) is 5.26 Å². The molecule has 0 atom stereocenters. The van der Waals surface area contributed by atoms with Crippen LogP contribution in [-0.4, -0.2) is 19.7 Å². The number of nitriles is 1. The Morgan fingerprint density at radius 2 is 2.25 bits per heavy atom. The van der Waals surface area contributed by atoms with Gasteiger partial charge in [-0.05, 0) is 25.1 Å². The maximum atomic E-state index is 11.3. The lowest BCUT2D eigenvalue weighted by Gasteiger charge is -2.08. The van der Waals surface area contributed by atoms with E-state index < -0.39 is 0 Å². The standard InChI is InChI=1S/C12H13NO3/c1-3-16-12(14)7-10-6-9(8-13)4-5-11(10)15-2/h4-6H,3,7H2,1-2H3. The quantitative estimate of drug-likeness (QED) is 0.723. The van der Waals surface area contributed by atoms with Gasteiger partial charge in [0.05, 0.1) is 31.8 Å². The molecule has 0 bridgehead atoms. The van der Waals surface area contributed by atoms with E-state index in [1.807, 2.05) is 6.07 Å². The molecule has 4 nitrogen and oxygen atoms in total. The van der Waals surface area contributed by atoms with Gasteiger partial charge in [-0.2, -0.15) is 5.26 Å². The van der Waals surface area contributed by atoms with Gasteiger partial charge >= 0.3 is 5.97 Å². The van der Waals surface area contributed by atoms with E-state index in [0.717, 1.165) is 0 Å². The Morgan fingerprint density at radius 1 is 1.50 bits per heavy atom. The number of hydrogen-bond acceptors (Lipinski definition) is 4. The molecule has 1 aromatic carbocycles. The minimum absolute atomic E-state index is 0.118. The summed E-state index contributed by atoms with van der Waals surface area (Å²) in [6.45, 7) is 2.10. The van der Waals surface area contributed by atoms with E-state index in [1.165, 1.54) is 7.11 Å². The van der Waals surface area contributed by atoms with Gasteiger partial charge < -0.3 is 9.47 Å². The average Bonchev–Trinajstić information content (AvgIpc) is 2.29. The topological polar surface area (TPSA) is 59.3 Å². The molecule has 0 fully saturated rings. The van der Waals surface area contributed by atoms with Crippen LogP contribution in [0.15, 0.2) is 18.2 Å². The average molecular weight is 219 g/mol. The van der Waals surface area contributed by atoms with Crippen LogP contribution in [0, 0.1) is 11.3 Å². The highest BCUT2D eigenvalue weighted by atomic mass is 16.5. The summed E-state index contributed by atoms with van der Waals surface area (Å²) in [5.41, 5.74) is 1.17. The Hall–Kier alpha value is -2.02. The van der Waals surface area contributed by atoms with E-state index in [2.05, 4.69) is 0 Å². The molecule has 0 aliphatic heterocycles. The molecule has 0 unspecified atom stereocenters. The summed E-state index contributed by atoms with van der Waals surface area (Å²) in [7, 11) is 1.52. The highest BCUT2D eigenvalue weighted by Crippen LogP contribution is 2.20. The second-order valence-electron chi connectivity index (χ2n) is 3.12. The first kappa shape index (κ1) is 12.1. The predicted molar refractivity (Wildman–Crippen MR) is 58.0 cm³/mol. The minimum atomic E-state index is -0.323. The normalized spacial score (nSPS) is 9.31. The zero-order valence-corrected chi connectivity index (χ0v) is 9.32. The van der Waals surface area contributed by atoms with Crippen LogP contribution < -0.4 is 4.74 Å². The second-order valence-corrected chi connectivity index (χ2v) is 3.12. The Balaban J connectivity index is 2.92. The van der Waals surface area contributed by atoms with E-state index in [4.69, 9.17) is 14.7 Å². The molecule has 0 saturated heterocycles. The van der Waals surface area contributed by atoms with Crippen molar-refractivity contribution in [2.75, 3.05) is 13.7 Å². The molecule has 0 N–H and O–H groups in total. The van der Waals surface area contributed by atoms with Crippen molar-refractivity contribution in [3.8, 4) is 11.8 Å². The molecule has 1 rings (SSSR count). The Kier molecular flexibility index (Phi) is 4.34. The van der Waals surface area contributed by atoms with Crippen molar-refractivity contribution in [2.24, 2.45) is 0 Å². The molecular formula is C12H13NO3. The largest absolute Gasteiger partial charge is 0.496 e. The van der Waals surface area contributed by atoms with Crippen molar-refractivity contribution in [2.45, 2.75) is 13.3 Å². The van der Waals surface area contributed by atoms with E-state index in [0.29, 0.717) is 23.5 Å². The number of benzene rings is 1. The van der Waals surface area contributed by atoms with E-state index in [9.17, 15) is 4.79 Å². The molecule has 0 radical (unpaired) electrons. The molecular weight excluding hydrogens is 206 g/mol. The molecule has 0 saturated carbocycles. The monoisotopic (exact) mass is 219 g/mol. The summed E-state index contributed by atoms with van der Waals surface area (Å²) >= 11 is 0. The van der Waals surface area contributed by atoms with Crippen LogP contribution in [-0.2, 0) is 16.0 Å². The molecule has 1 aromatic rings. The van der Waals surface area contributed by atoms with E-state index in [1.54, 1.807) is 25.1 Å². The Bertz CT molecular complexity index is 421. The third-order valence-corrected chi connectivity index (χ3v) is 2.05. The number of ether oxygens (including phenoxy) is 2. The highest BCUT2D eigenvalue weighted by molar-refractivity contribution is 5.73. The number of esters is 1. The van der Waals surface area contributed by atoms with Gasteiger partial charge in [0.1, 0.15) is 5.75 Å². The van der Waals surface area contributed by atoms with Crippen molar-refractivity contribution >= 4 is 5.97 Å². The fraction of sp³-hybridized carbons (Fsp3) is 0.333. The lowest BCUT2D eigenvalue weighted by molar-refractivity contribution is -0.142. The van der Waals surface area contributed by atoms with E-state index in [-0.39, 0.29) is 12.4 Å². The van der Waals surface area contributed by atoms with Crippen LogP contribution in [0.25, 0.3) is 0 Å². The predicted octanol–water partition coefficient (Wildman–Crippen LogP) is 1.67. The Morgan fingerprint density at radius 3 is 2.81 bits per heavy atom. The second kappa shape index (κ2) is 5.76. The third-order valence-electron chi connectivity index (χ3n) is 2.05. The van der Waals surface area contributed by atoms with Gasteiger partial charge in [-0.1, -0.05) is 0 Å². The van der Waals surface area contributed by atoms with E-state index >= 15 is 0 Å². The fourth-order valence-corrected chi connectivity index (χ4v) is 1.35. The number of methoxy groups -OCH3 is 1. The molecule has 84 valence electrons. The van der Waals surface area contributed by atoms with Crippen LogP contribution in [0.1, 0.15) is 18.1 Å². The van der Waals surface area contributed by atoms with Gasteiger partial charge in [0.25, 0.3) is 0 Å². The first-order valence-corrected chi connectivity index (χ1v) is 4.94. The number of hydrogen-bond donors (Lipinski definition) is 0. The zero-order valence-electron chi connectivity index (χ0n) is 9.32. The molecule has 0 amide bonds. The molecule has 0 spiro atoms. The maximum absolute atomic E-state index is 11.3. The maximum Gasteiger partial charge on any atom is 0.310 e. The molecule has 0 aliphatic carbocycles. The minimum Gasteiger partial charge on any atom is -0.496 e. The molecule has 0 aromatic heterocycles. The van der Waals surface area contributed by atoms with Gasteiger partial charge in [0.2, 0.25) is 0 Å². The smallest absolute Gasteiger partial charge is 0.310 e. The van der Waals surface area contributed by atoms with Crippen molar-refractivity contribution in [3.05, 3.63) is 29.3 Å². The summed E-state index contributed by atoms with van der Waals surface area (Å²) in [6.07, 6.45) is 0.118. The summed E-state index contributed by atoms with van der Waals surface area (Å²) in [5, 5.41) is 8.76. The van der Waals surface area contributed by atoms with Crippen LogP contribution in [0.5, 0.6) is 5.75 Å². The summed E-state index contributed by atoms with van der Waals surface area (Å²) < 4.78 is 9.95. The summed E-state index contributed by atoms with van der Waals surface area (Å²) in [6, 6.07) is 6.97. The summed E-state index contributed by atoms with van der Waals surface area (Å²) in [5.74, 6) is 0.267. The van der Waals surface area contributed by atoms with Crippen LogP contribution in [0.2, 0.25) is 0 Å². The SMILES string of the molecule is CCOC(=O)Cc1cc(C#N)ccc1OC. The molecule has 0 aliphatic rings. The third kappa shape index (κ3) is 2.99. The number of nitrogens with zero attached hydrogens (tertiary/aromatic N) is 1. The van der Waals surface area contributed by atoms with Crippen molar-refractivity contribution in [3.63, 3.8) is 0 Å². The first-order chi connectivity index (χ1) is 7.71. The van der Waals surface area contributed by atoms with Crippen LogP contribution >= 0.6 is 0 Å². The number of carbonyl (C=O) groups excluding carboxylic acids is 1. The fourth-order valence-electron chi connectivity index (χ4n) is 1.35. The van der Waals surface area contributed by atoms with Crippen molar-refractivity contribution in [1.82, 2.24) is 0 Å². The van der Waals surface area contributed by atoms with Gasteiger partial charge in [-0.3, -0.25) is 4.79 Å².